The lowest BCUT2D eigenvalue weighted by Crippen LogP contribution is -2.39. The highest BCUT2D eigenvalue weighted by Gasteiger charge is 2.26. The molecule has 3 aromatic rings. The summed E-state index contributed by atoms with van der Waals surface area (Å²) in [5.74, 6) is 1.31. The predicted molar refractivity (Wildman–Crippen MR) is 115 cm³/mol. The number of rotatable bonds is 6. The van der Waals surface area contributed by atoms with Crippen molar-refractivity contribution in [2.45, 2.75) is 33.0 Å². The maximum absolute atomic E-state index is 12.5. The third-order valence-electron chi connectivity index (χ3n) is 5.28. The molecule has 1 aliphatic rings. The van der Waals surface area contributed by atoms with Crippen LogP contribution in [0.3, 0.4) is 0 Å². The van der Waals surface area contributed by atoms with E-state index in [4.69, 9.17) is 17.3 Å². The first kappa shape index (κ1) is 20.3. The van der Waals surface area contributed by atoms with Crippen LogP contribution < -0.4 is 5.32 Å². The molecular weight excluding hydrogens is 400 g/mol. The monoisotopic (exact) mass is 424 g/mol. The van der Waals surface area contributed by atoms with Gasteiger partial charge in [0.1, 0.15) is 0 Å². The second-order valence-electron chi connectivity index (χ2n) is 7.20. The number of likely N-dealkylation sites (tertiary alicyclic amines) is 1. The Hall–Kier alpha value is -2.98. The standard InChI is InChI=1S/C20H24N8OS/c1-2-27-18(15-3-7-21-8-4-15)25-28(20(27)30)14-26-11-5-16(6-12-26)19(29)24-17-13-22-9-10-23-17/h3-4,7-10,13,16H,2,5-6,11-12,14H2,1H3,(H,23,24,29). The third-order valence-corrected chi connectivity index (χ3v) is 5.72. The van der Waals surface area contributed by atoms with Crippen LogP contribution in [0, 0.1) is 10.7 Å². The van der Waals surface area contributed by atoms with Crippen LogP contribution in [0.15, 0.2) is 43.1 Å². The zero-order valence-electron chi connectivity index (χ0n) is 16.8. The lowest BCUT2D eigenvalue weighted by molar-refractivity contribution is -0.121. The molecule has 3 aromatic heterocycles. The summed E-state index contributed by atoms with van der Waals surface area (Å²) in [6.07, 6.45) is 9.79. The Balaban J connectivity index is 1.39. The van der Waals surface area contributed by atoms with Gasteiger partial charge in [0.25, 0.3) is 0 Å². The van der Waals surface area contributed by atoms with Gasteiger partial charge in [-0.3, -0.25) is 19.7 Å². The van der Waals surface area contributed by atoms with Crippen molar-refractivity contribution in [1.82, 2.24) is 34.2 Å². The quantitative estimate of drug-likeness (QED) is 0.608. The van der Waals surface area contributed by atoms with E-state index in [0.29, 0.717) is 17.3 Å². The first-order valence-corrected chi connectivity index (χ1v) is 10.4. The van der Waals surface area contributed by atoms with Gasteiger partial charge in [0.2, 0.25) is 5.91 Å². The SMILES string of the molecule is CCn1c(-c2ccncc2)nn(CN2CCC(C(=O)Nc3cnccn3)CC2)c1=S. The summed E-state index contributed by atoms with van der Waals surface area (Å²) < 4.78 is 4.60. The predicted octanol–water partition coefficient (Wildman–Crippen LogP) is 2.59. The lowest BCUT2D eigenvalue weighted by Gasteiger charge is -2.30. The summed E-state index contributed by atoms with van der Waals surface area (Å²) in [6, 6.07) is 3.88. The number of carbonyl (C=O) groups is 1. The molecule has 0 aliphatic carbocycles. The summed E-state index contributed by atoms with van der Waals surface area (Å²) in [5.41, 5.74) is 0.996. The molecular formula is C20H24N8OS. The van der Waals surface area contributed by atoms with Crippen LogP contribution in [-0.4, -0.2) is 53.2 Å². The molecule has 4 heterocycles. The highest BCUT2D eigenvalue weighted by Crippen LogP contribution is 2.21. The second kappa shape index (κ2) is 9.23. The first-order chi connectivity index (χ1) is 14.7. The minimum Gasteiger partial charge on any atom is -0.309 e. The second-order valence-corrected chi connectivity index (χ2v) is 7.56. The summed E-state index contributed by atoms with van der Waals surface area (Å²) in [7, 11) is 0. The van der Waals surface area contributed by atoms with E-state index in [9.17, 15) is 4.79 Å². The van der Waals surface area contributed by atoms with Crippen LogP contribution in [0.2, 0.25) is 0 Å². The van der Waals surface area contributed by atoms with E-state index in [1.54, 1.807) is 31.0 Å². The molecule has 0 bridgehead atoms. The minimum absolute atomic E-state index is 0.00185. The Bertz CT molecular complexity index is 1040. The van der Waals surface area contributed by atoms with E-state index in [0.717, 1.165) is 43.9 Å². The highest BCUT2D eigenvalue weighted by molar-refractivity contribution is 7.71. The molecule has 30 heavy (non-hydrogen) atoms. The molecule has 1 fully saturated rings. The molecule has 0 unspecified atom stereocenters. The zero-order chi connectivity index (χ0) is 20.9. The fraction of sp³-hybridized carbons (Fsp3) is 0.400. The largest absolute Gasteiger partial charge is 0.309 e. The van der Waals surface area contributed by atoms with Crippen molar-refractivity contribution in [1.29, 1.82) is 0 Å². The van der Waals surface area contributed by atoms with Gasteiger partial charge in [0, 0.05) is 55.9 Å². The number of amides is 1. The number of nitrogens with zero attached hydrogens (tertiary/aromatic N) is 7. The van der Waals surface area contributed by atoms with Crippen molar-refractivity contribution < 1.29 is 4.79 Å². The van der Waals surface area contributed by atoms with Gasteiger partial charge < -0.3 is 9.88 Å². The van der Waals surface area contributed by atoms with Crippen LogP contribution in [0.1, 0.15) is 19.8 Å². The number of aromatic nitrogens is 6. The Morgan fingerprint density at radius 2 is 1.93 bits per heavy atom. The van der Waals surface area contributed by atoms with Crippen LogP contribution in [0.4, 0.5) is 5.82 Å². The topological polar surface area (TPSA) is 93.8 Å². The van der Waals surface area contributed by atoms with Crippen LogP contribution >= 0.6 is 12.2 Å². The Labute approximate surface area is 179 Å². The van der Waals surface area contributed by atoms with Gasteiger partial charge in [0.15, 0.2) is 16.4 Å². The van der Waals surface area contributed by atoms with E-state index in [-0.39, 0.29) is 11.8 Å². The smallest absolute Gasteiger partial charge is 0.228 e. The fourth-order valence-electron chi connectivity index (χ4n) is 3.65. The molecule has 0 aromatic carbocycles. The molecule has 4 rings (SSSR count). The van der Waals surface area contributed by atoms with Gasteiger partial charge in [-0.25, -0.2) is 9.67 Å². The van der Waals surface area contributed by atoms with Crippen molar-refractivity contribution in [3.8, 4) is 11.4 Å². The molecule has 1 aliphatic heterocycles. The third kappa shape index (κ3) is 4.44. The summed E-state index contributed by atoms with van der Waals surface area (Å²) >= 11 is 5.66. The summed E-state index contributed by atoms with van der Waals surface area (Å²) in [6.45, 7) is 5.05. The van der Waals surface area contributed by atoms with E-state index < -0.39 is 0 Å². The molecule has 0 radical (unpaired) electrons. The number of nitrogens with one attached hydrogen (secondary N) is 1. The summed E-state index contributed by atoms with van der Waals surface area (Å²) in [4.78, 5) is 26.9. The average molecular weight is 425 g/mol. The van der Waals surface area contributed by atoms with Gasteiger partial charge in [-0.05, 0) is 44.1 Å². The van der Waals surface area contributed by atoms with Crippen LogP contribution in [0.25, 0.3) is 11.4 Å². The maximum atomic E-state index is 12.5. The van der Waals surface area contributed by atoms with Crippen molar-refractivity contribution in [3.63, 3.8) is 0 Å². The molecule has 156 valence electrons. The Morgan fingerprint density at radius 3 is 2.60 bits per heavy atom. The van der Waals surface area contributed by atoms with Gasteiger partial charge in [-0.1, -0.05) is 0 Å². The average Bonchev–Trinajstić information content (AvgIpc) is 3.10. The van der Waals surface area contributed by atoms with E-state index in [1.807, 2.05) is 21.4 Å². The molecule has 1 amide bonds. The maximum Gasteiger partial charge on any atom is 0.228 e. The molecule has 0 atom stereocenters. The summed E-state index contributed by atoms with van der Waals surface area (Å²) in [5, 5.41) is 7.61. The van der Waals surface area contributed by atoms with Crippen molar-refractivity contribution in [2.75, 3.05) is 18.4 Å². The van der Waals surface area contributed by atoms with E-state index in [2.05, 4.69) is 32.1 Å². The molecule has 1 saturated heterocycles. The number of hydrogen-bond acceptors (Lipinski definition) is 7. The van der Waals surface area contributed by atoms with Crippen LogP contribution in [-0.2, 0) is 18.0 Å². The minimum atomic E-state index is -0.0307. The van der Waals surface area contributed by atoms with Gasteiger partial charge in [-0.2, -0.15) is 5.10 Å². The number of hydrogen-bond donors (Lipinski definition) is 1. The normalized spacial score (nSPS) is 15.2. The van der Waals surface area contributed by atoms with Crippen molar-refractivity contribution in [3.05, 3.63) is 47.9 Å². The van der Waals surface area contributed by atoms with Gasteiger partial charge in [0.05, 0.1) is 12.9 Å². The number of carbonyl (C=O) groups excluding carboxylic acids is 1. The molecule has 10 heteroatoms. The zero-order valence-corrected chi connectivity index (χ0v) is 17.6. The number of piperidine rings is 1. The van der Waals surface area contributed by atoms with Crippen molar-refractivity contribution in [2.24, 2.45) is 5.92 Å². The molecule has 1 N–H and O–H groups in total. The Morgan fingerprint density at radius 1 is 1.17 bits per heavy atom. The lowest BCUT2D eigenvalue weighted by atomic mass is 9.96. The van der Waals surface area contributed by atoms with E-state index in [1.165, 1.54) is 0 Å². The van der Waals surface area contributed by atoms with Crippen molar-refractivity contribution >= 4 is 23.9 Å². The fourth-order valence-corrected chi connectivity index (χ4v) is 3.96. The first-order valence-electron chi connectivity index (χ1n) is 10.0. The molecule has 9 nitrogen and oxygen atoms in total. The van der Waals surface area contributed by atoms with Crippen LogP contribution in [0.5, 0.6) is 0 Å². The number of pyridine rings is 1. The number of anilines is 1. The molecule has 0 spiro atoms. The highest BCUT2D eigenvalue weighted by atomic mass is 32.1. The van der Waals surface area contributed by atoms with Gasteiger partial charge >= 0.3 is 0 Å². The van der Waals surface area contributed by atoms with E-state index >= 15 is 0 Å². The van der Waals surface area contributed by atoms with Gasteiger partial charge in [-0.15, -0.1) is 0 Å². The Kier molecular flexibility index (Phi) is 6.24. The molecule has 0 saturated carbocycles.